The predicted molar refractivity (Wildman–Crippen MR) is 110 cm³/mol. The second-order valence-corrected chi connectivity index (χ2v) is 8.09. The zero-order chi connectivity index (χ0) is 21.3. The maximum atomic E-state index is 13.2. The Morgan fingerprint density at radius 3 is 2.52 bits per heavy atom. The summed E-state index contributed by atoms with van der Waals surface area (Å²) >= 11 is 0. The summed E-state index contributed by atoms with van der Waals surface area (Å²) in [6.45, 7) is 4.07. The Hall–Kier alpha value is -3.08. The van der Waals surface area contributed by atoms with Gasteiger partial charge in [-0.1, -0.05) is 19.1 Å². The van der Waals surface area contributed by atoms with E-state index in [1.807, 2.05) is 6.92 Å². The second-order valence-electron chi connectivity index (χ2n) is 6.37. The van der Waals surface area contributed by atoms with Gasteiger partial charge in [0.2, 0.25) is 5.16 Å². The normalized spacial score (nSPS) is 12.3. The van der Waals surface area contributed by atoms with Gasteiger partial charge in [0.15, 0.2) is 11.5 Å². The Kier molecular flexibility index (Phi) is 5.78. The molecule has 1 atom stereocenters. The van der Waals surface area contributed by atoms with Crippen LogP contribution in [0.15, 0.2) is 34.2 Å². The van der Waals surface area contributed by atoms with Gasteiger partial charge in [0.05, 0.1) is 6.54 Å². The molecule has 0 aliphatic heterocycles. The Balaban J connectivity index is 2.30. The quantitative estimate of drug-likeness (QED) is 0.613. The van der Waals surface area contributed by atoms with Crippen LogP contribution < -0.4 is 11.4 Å². The first-order valence-corrected chi connectivity index (χ1v) is 10.4. The fourth-order valence-corrected chi connectivity index (χ4v) is 3.45. The van der Waals surface area contributed by atoms with Crippen molar-refractivity contribution < 1.29 is 9.18 Å². The number of carbonyl (C=O) groups excluding carboxylic acids is 1. The Bertz CT molecular complexity index is 1150. The number of hydrogen-bond acceptors (Lipinski definition) is 6. The van der Waals surface area contributed by atoms with Crippen LogP contribution in [-0.4, -0.2) is 49.4 Å². The summed E-state index contributed by atoms with van der Waals surface area (Å²) in [7, 11) is 0.566. The highest BCUT2D eigenvalue weighted by molar-refractivity contribution is 7.85. The van der Waals surface area contributed by atoms with Crippen LogP contribution >= 0.6 is 0 Å². The van der Waals surface area contributed by atoms with Gasteiger partial charge in [-0.2, -0.15) is 0 Å². The molecule has 154 valence electrons. The third kappa shape index (κ3) is 3.77. The number of imidazole rings is 1. The van der Waals surface area contributed by atoms with Crippen molar-refractivity contribution >= 4 is 33.7 Å². The van der Waals surface area contributed by atoms with E-state index in [0.29, 0.717) is 17.9 Å². The van der Waals surface area contributed by atoms with Gasteiger partial charge < -0.3 is 10.6 Å². The lowest BCUT2D eigenvalue weighted by Gasteiger charge is -2.14. The summed E-state index contributed by atoms with van der Waals surface area (Å²) in [4.78, 5) is 35.9. The van der Waals surface area contributed by atoms with E-state index in [4.69, 9.17) is 10.5 Å². The Morgan fingerprint density at radius 2 is 1.93 bits per heavy atom. The van der Waals surface area contributed by atoms with Crippen molar-refractivity contribution in [3.8, 4) is 0 Å². The van der Waals surface area contributed by atoms with E-state index in [1.54, 1.807) is 26.1 Å². The fraction of sp³-hybridized carbons (Fsp3) is 0.333. The third-order valence-corrected chi connectivity index (χ3v) is 5.73. The minimum absolute atomic E-state index is 0.0315. The first-order valence-electron chi connectivity index (χ1n) is 8.99. The highest BCUT2D eigenvalue weighted by Gasteiger charge is 2.25. The maximum Gasteiger partial charge on any atom is 0.339 e. The van der Waals surface area contributed by atoms with Crippen LogP contribution in [0.5, 0.6) is 0 Å². The first kappa shape index (κ1) is 20.6. The molecule has 3 rings (SSSR count). The van der Waals surface area contributed by atoms with Crippen LogP contribution in [0.2, 0.25) is 0 Å². The molecule has 0 aliphatic carbocycles. The predicted octanol–water partition coefficient (Wildman–Crippen LogP) is 2.04. The molecule has 11 heteroatoms. The van der Waals surface area contributed by atoms with E-state index in [-0.39, 0.29) is 28.7 Å². The number of nitrogen functional groups attached to an aromatic ring is 1. The SMILES string of the molecule is CCN(C)C(=O)n1c(=O)n(Cc2ccc(F)cc2)c2nc(S(=N)CC)nc(N)c21. The number of hydrogen-bond donors (Lipinski definition) is 2. The van der Waals surface area contributed by atoms with Crippen molar-refractivity contribution in [1.29, 1.82) is 4.78 Å². The van der Waals surface area contributed by atoms with Crippen LogP contribution in [0.3, 0.4) is 0 Å². The highest BCUT2D eigenvalue weighted by Crippen LogP contribution is 2.20. The molecular formula is C18H22FN7O2S. The number of nitrogens with one attached hydrogen (secondary N) is 1. The summed E-state index contributed by atoms with van der Waals surface area (Å²) in [5.41, 5.74) is 6.43. The number of fused-ring (bicyclic) bond motifs is 1. The molecule has 9 nitrogen and oxygen atoms in total. The zero-order valence-corrected chi connectivity index (χ0v) is 17.2. The monoisotopic (exact) mass is 419 g/mol. The molecule has 1 unspecified atom stereocenters. The number of benzene rings is 1. The maximum absolute atomic E-state index is 13.2. The highest BCUT2D eigenvalue weighted by atomic mass is 32.2. The Morgan fingerprint density at radius 1 is 1.28 bits per heavy atom. The van der Waals surface area contributed by atoms with E-state index in [0.717, 1.165) is 4.57 Å². The third-order valence-electron chi connectivity index (χ3n) is 4.53. The molecule has 1 amide bonds. The van der Waals surface area contributed by atoms with Gasteiger partial charge in [-0.15, -0.1) is 0 Å². The molecule has 0 bridgehead atoms. The number of rotatable bonds is 5. The van der Waals surface area contributed by atoms with E-state index < -0.39 is 28.2 Å². The molecule has 2 aromatic heterocycles. The second kappa shape index (κ2) is 8.11. The number of carbonyl (C=O) groups is 1. The molecular weight excluding hydrogens is 397 g/mol. The molecule has 0 spiro atoms. The van der Waals surface area contributed by atoms with Crippen molar-refractivity contribution in [3.63, 3.8) is 0 Å². The summed E-state index contributed by atoms with van der Waals surface area (Å²) in [6.07, 6.45) is 0. The number of anilines is 1. The molecule has 3 N–H and O–H groups in total. The number of amides is 1. The molecule has 0 aliphatic rings. The standard InChI is InChI=1S/C18H22FN7O2S/c1-4-24(3)17(27)26-13-14(20)22-16(29(21)5-2)23-15(13)25(18(26)28)10-11-6-8-12(19)9-7-11/h6-9,21H,4-5,10H2,1-3H3,(H2,20,22,23). The molecule has 29 heavy (non-hydrogen) atoms. The van der Waals surface area contributed by atoms with E-state index in [2.05, 4.69) is 9.97 Å². The minimum atomic E-state index is -1.00. The number of nitrogens with two attached hydrogens (primary N) is 1. The van der Waals surface area contributed by atoms with Crippen molar-refractivity contribution in [2.75, 3.05) is 25.1 Å². The molecule has 0 saturated heterocycles. The lowest BCUT2D eigenvalue weighted by atomic mass is 10.2. The lowest BCUT2D eigenvalue weighted by molar-refractivity contribution is 0.212. The van der Waals surface area contributed by atoms with Gasteiger partial charge in [0.1, 0.15) is 11.3 Å². The van der Waals surface area contributed by atoms with Crippen LogP contribution in [0.4, 0.5) is 15.0 Å². The molecule has 2 heterocycles. The van der Waals surface area contributed by atoms with Crippen LogP contribution in [-0.2, 0) is 17.2 Å². The first-order chi connectivity index (χ1) is 13.8. The van der Waals surface area contributed by atoms with Crippen molar-refractivity contribution in [3.05, 3.63) is 46.1 Å². The lowest BCUT2D eigenvalue weighted by Crippen LogP contribution is -2.38. The summed E-state index contributed by atoms with van der Waals surface area (Å²) in [6, 6.07) is 5.14. The van der Waals surface area contributed by atoms with Crippen molar-refractivity contribution in [1.82, 2.24) is 24.0 Å². The van der Waals surface area contributed by atoms with E-state index in [1.165, 1.54) is 21.6 Å². The van der Waals surface area contributed by atoms with Crippen molar-refractivity contribution in [2.45, 2.75) is 25.5 Å². The molecule has 3 aromatic rings. The minimum Gasteiger partial charge on any atom is -0.382 e. The van der Waals surface area contributed by atoms with Crippen molar-refractivity contribution in [2.24, 2.45) is 0 Å². The number of halogens is 1. The van der Waals surface area contributed by atoms with Crippen LogP contribution in [0, 0.1) is 10.6 Å². The summed E-state index contributed by atoms with van der Waals surface area (Å²) in [5, 5.41) is 0.207. The smallest absolute Gasteiger partial charge is 0.339 e. The van der Waals surface area contributed by atoms with E-state index in [9.17, 15) is 14.0 Å². The zero-order valence-electron chi connectivity index (χ0n) is 16.3. The number of aromatic nitrogens is 4. The van der Waals surface area contributed by atoms with E-state index >= 15 is 0 Å². The topological polar surface area (TPSA) is 123 Å². The summed E-state index contributed by atoms with van der Waals surface area (Å²) in [5.74, 6) is 0.0695. The van der Waals surface area contributed by atoms with Gasteiger partial charge in [-0.05, 0) is 35.3 Å². The average Bonchev–Trinajstić information content (AvgIpc) is 2.99. The Labute approximate surface area is 168 Å². The van der Waals surface area contributed by atoms with Gasteiger partial charge in [0.25, 0.3) is 0 Å². The molecule has 0 radical (unpaired) electrons. The van der Waals surface area contributed by atoms with Gasteiger partial charge in [-0.25, -0.2) is 28.5 Å². The van der Waals surface area contributed by atoms with Gasteiger partial charge >= 0.3 is 11.7 Å². The van der Waals surface area contributed by atoms with Gasteiger partial charge in [-0.3, -0.25) is 9.35 Å². The molecule has 0 saturated carbocycles. The molecule has 0 fully saturated rings. The fourth-order valence-electron chi connectivity index (χ4n) is 2.79. The number of nitrogens with zero attached hydrogens (tertiary/aromatic N) is 5. The largest absolute Gasteiger partial charge is 0.382 e. The average molecular weight is 419 g/mol. The molecule has 1 aromatic carbocycles. The van der Waals surface area contributed by atoms with Crippen LogP contribution in [0.25, 0.3) is 11.2 Å². The van der Waals surface area contributed by atoms with Gasteiger partial charge in [0, 0.05) is 19.3 Å². The van der Waals surface area contributed by atoms with Crippen LogP contribution in [0.1, 0.15) is 19.4 Å². The summed E-state index contributed by atoms with van der Waals surface area (Å²) < 4.78 is 23.6.